The van der Waals surface area contributed by atoms with Crippen LogP contribution < -0.4 is 0 Å². The number of carbonyl (C=O) groups is 1. The molecule has 0 radical (unpaired) electrons. The van der Waals surface area contributed by atoms with Gasteiger partial charge in [0.25, 0.3) is 0 Å². The molecule has 34 heavy (non-hydrogen) atoms. The molecule has 2 atom stereocenters. The lowest BCUT2D eigenvalue weighted by Gasteiger charge is -2.28. The number of fused-ring (bicyclic) bond motifs is 1. The number of hydrogen-bond acceptors (Lipinski definition) is 3. The molecule has 0 aliphatic heterocycles. The highest BCUT2D eigenvalue weighted by atomic mass is 16.6. The van der Waals surface area contributed by atoms with Crippen molar-refractivity contribution >= 4 is 16.7 Å². The molecule has 0 aromatic heterocycles. The quantitative estimate of drug-likeness (QED) is 0.151. The van der Waals surface area contributed by atoms with E-state index in [0.29, 0.717) is 0 Å². The first-order chi connectivity index (χ1) is 16.5. The predicted octanol–water partition coefficient (Wildman–Crippen LogP) is 8.34. The van der Waals surface area contributed by atoms with E-state index in [1.165, 1.54) is 44.9 Å². The second-order valence-corrected chi connectivity index (χ2v) is 9.38. The van der Waals surface area contributed by atoms with Gasteiger partial charge < -0.3 is 9.47 Å². The van der Waals surface area contributed by atoms with E-state index in [0.717, 1.165) is 48.4 Å². The summed E-state index contributed by atoms with van der Waals surface area (Å²) in [5.74, 6) is 6.16. The van der Waals surface area contributed by atoms with Gasteiger partial charge in [0.2, 0.25) is 0 Å². The highest BCUT2D eigenvalue weighted by molar-refractivity contribution is 5.87. The maximum atomic E-state index is 13.4. The third kappa shape index (κ3) is 8.80. The minimum atomic E-state index is -1.17. The Balaban J connectivity index is 2.08. The third-order valence-corrected chi connectivity index (χ3v) is 6.59. The van der Waals surface area contributed by atoms with Gasteiger partial charge in [-0.25, -0.2) is 4.79 Å². The van der Waals surface area contributed by atoms with E-state index in [4.69, 9.17) is 9.47 Å². The second-order valence-electron chi connectivity index (χ2n) is 9.38. The zero-order valence-electron chi connectivity index (χ0n) is 21.8. The van der Waals surface area contributed by atoms with Gasteiger partial charge in [0.1, 0.15) is 0 Å². The average Bonchev–Trinajstić information content (AvgIpc) is 2.86. The van der Waals surface area contributed by atoms with Crippen molar-refractivity contribution in [1.82, 2.24) is 0 Å². The molecule has 0 amide bonds. The van der Waals surface area contributed by atoms with Crippen LogP contribution in [0.5, 0.6) is 0 Å². The molecule has 0 aliphatic rings. The van der Waals surface area contributed by atoms with E-state index >= 15 is 0 Å². The smallest absolute Gasteiger partial charge is 0.344 e. The standard InChI is InChI=1S/C31H44O3/c1-5-7-9-11-13-15-21-29(22-16-14-12-10-8-6-2)34-30(32)31(3,33-4)28-24-23-26-19-17-18-20-27(26)25-28/h17-20,23-25,29H,5-15,21H2,1-4H3/t29-,31-/m0/s1. The number of ether oxygens (including phenoxy) is 2. The molecule has 3 nitrogen and oxygen atoms in total. The Bertz CT molecular complexity index is 923. The van der Waals surface area contributed by atoms with Crippen molar-refractivity contribution in [1.29, 1.82) is 0 Å². The lowest BCUT2D eigenvalue weighted by molar-refractivity contribution is -0.171. The van der Waals surface area contributed by atoms with E-state index in [-0.39, 0.29) is 12.1 Å². The Hall–Kier alpha value is -2.31. The van der Waals surface area contributed by atoms with E-state index in [1.807, 2.05) is 36.4 Å². The molecule has 0 heterocycles. The molecule has 2 aromatic carbocycles. The van der Waals surface area contributed by atoms with E-state index in [2.05, 4.69) is 31.8 Å². The van der Waals surface area contributed by atoms with Gasteiger partial charge in [0.05, 0.1) is 0 Å². The molecule has 2 aromatic rings. The summed E-state index contributed by atoms with van der Waals surface area (Å²) in [6.07, 6.45) is 13.2. The van der Waals surface area contributed by atoms with Crippen molar-refractivity contribution in [2.75, 3.05) is 7.11 Å². The van der Waals surface area contributed by atoms with Crippen LogP contribution in [0.2, 0.25) is 0 Å². The highest BCUT2D eigenvalue weighted by Crippen LogP contribution is 2.30. The van der Waals surface area contributed by atoms with Crippen molar-refractivity contribution in [2.24, 2.45) is 0 Å². The molecule has 0 saturated heterocycles. The monoisotopic (exact) mass is 464 g/mol. The van der Waals surface area contributed by atoms with Crippen LogP contribution in [0.15, 0.2) is 42.5 Å². The van der Waals surface area contributed by atoms with Gasteiger partial charge in [0, 0.05) is 13.5 Å². The number of benzene rings is 2. The van der Waals surface area contributed by atoms with Gasteiger partial charge >= 0.3 is 5.97 Å². The minimum Gasteiger partial charge on any atom is -0.447 e. The third-order valence-electron chi connectivity index (χ3n) is 6.59. The van der Waals surface area contributed by atoms with Crippen molar-refractivity contribution in [3.8, 4) is 11.8 Å². The lowest BCUT2D eigenvalue weighted by atomic mass is 9.93. The number of hydrogen-bond donors (Lipinski definition) is 0. The second kappa shape index (κ2) is 15.6. The summed E-state index contributed by atoms with van der Waals surface area (Å²) < 4.78 is 11.7. The van der Waals surface area contributed by atoms with Crippen molar-refractivity contribution in [3.63, 3.8) is 0 Å². The zero-order valence-corrected chi connectivity index (χ0v) is 21.8. The van der Waals surface area contributed by atoms with Crippen LogP contribution in [0, 0.1) is 11.8 Å². The number of methoxy groups -OCH3 is 1. The fourth-order valence-corrected chi connectivity index (χ4v) is 4.14. The van der Waals surface area contributed by atoms with Crippen molar-refractivity contribution < 1.29 is 14.3 Å². The number of rotatable bonds is 15. The highest BCUT2D eigenvalue weighted by Gasteiger charge is 2.38. The van der Waals surface area contributed by atoms with Crippen LogP contribution in [-0.4, -0.2) is 19.2 Å². The summed E-state index contributed by atoms with van der Waals surface area (Å²) in [6.45, 7) is 6.23. The van der Waals surface area contributed by atoms with Gasteiger partial charge in [-0.1, -0.05) is 113 Å². The topological polar surface area (TPSA) is 35.5 Å². The molecular formula is C31H44O3. The summed E-state index contributed by atoms with van der Waals surface area (Å²) in [7, 11) is 1.57. The molecular weight excluding hydrogens is 420 g/mol. The summed E-state index contributed by atoms with van der Waals surface area (Å²) in [5.41, 5.74) is -0.379. The normalized spacial score (nSPS) is 13.6. The average molecular weight is 465 g/mol. The number of carbonyl (C=O) groups excluding carboxylic acids is 1. The molecule has 0 spiro atoms. The molecule has 0 aliphatic carbocycles. The van der Waals surface area contributed by atoms with E-state index in [9.17, 15) is 4.79 Å². The lowest BCUT2D eigenvalue weighted by Crippen LogP contribution is -2.38. The van der Waals surface area contributed by atoms with Crippen LogP contribution in [-0.2, 0) is 19.9 Å². The number of unbranched alkanes of at least 4 members (excludes halogenated alkanes) is 9. The molecule has 186 valence electrons. The van der Waals surface area contributed by atoms with E-state index < -0.39 is 5.60 Å². The van der Waals surface area contributed by atoms with Crippen LogP contribution >= 0.6 is 0 Å². The van der Waals surface area contributed by atoms with Gasteiger partial charge in [0.15, 0.2) is 11.7 Å². The molecule has 0 fully saturated rings. The Morgan fingerprint density at radius 2 is 1.53 bits per heavy atom. The Labute approximate surface area is 207 Å². The summed E-state index contributed by atoms with van der Waals surface area (Å²) in [4.78, 5) is 13.4. The van der Waals surface area contributed by atoms with Crippen LogP contribution in [0.4, 0.5) is 0 Å². The van der Waals surface area contributed by atoms with Crippen molar-refractivity contribution in [2.45, 2.75) is 110 Å². The first-order valence-corrected chi connectivity index (χ1v) is 13.3. The summed E-state index contributed by atoms with van der Waals surface area (Å²) >= 11 is 0. The van der Waals surface area contributed by atoms with Gasteiger partial charge in [-0.05, 0) is 48.6 Å². The van der Waals surface area contributed by atoms with Gasteiger partial charge in [-0.15, -0.1) is 0 Å². The first-order valence-electron chi connectivity index (χ1n) is 13.3. The molecule has 0 unspecified atom stereocenters. The molecule has 2 rings (SSSR count). The van der Waals surface area contributed by atoms with Crippen molar-refractivity contribution in [3.05, 3.63) is 48.0 Å². The summed E-state index contributed by atoms with van der Waals surface area (Å²) in [6, 6.07) is 14.1. The molecule has 0 N–H and O–H groups in total. The Kier molecular flexibility index (Phi) is 12.8. The van der Waals surface area contributed by atoms with Crippen LogP contribution in [0.1, 0.15) is 103 Å². The Morgan fingerprint density at radius 1 is 0.882 bits per heavy atom. The maximum Gasteiger partial charge on any atom is 0.344 e. The van der Waals surface area contributed by atoms with Gasteiger partial charge in [-0.2, -0.15) is 0 Å². The Morgan fingerprint density at radius 3 is 2.24 bits per heavy atom. The van der Waals surface area contributed by atoms with Crippen LogP contribution in [0.3, 0.4) is 0 Å². The van der Waals surface area contributed by atoms with Crippen LogP contribution in [0.25, 0.3) is 10.8 Å². The fourth-order valence-electron chi connectivity index (χ4n) is 4.14. The van der Waals surface area contributed by atoms with E-state index in [1.54, 1.807) is 14.0 Å². The molecule has 3 heteroatoms. The fraction of sp³-hybridized carbons (Fsp3) is 0.581. The largest absolute Gasteiger partial charge is 0.447 e. The number of esters is 1. The maximum absolute atomic E-state index is 13.4. The zero-order chi connectivity index (χ0) is 24.7. The molecule has 0 saturated carbocycles. The van der Waals surface area contributed by atoms with Gasteiger partial charge in [-0.3, -0.25) is 0 Å². The first kappa shape index (κ1) is 27.9. The predicted molar refractivity (Wildman–Crippen MR) is 143 cm³/mol. The SMILES string of the molecule is CCCCCCC#C[C@H](CCCCCCCC)OC(=O)[C@@](C)(OC)c1ccc2ccccc2c1. The minimum absolute atomic E-state index is 0.374. The summed E-state index contributed by atoms with van der Waals surface area (Å²) in [5, 5.41) is 2.21. The molecule has 0 bridgehead atoms.